The molecule has 2 aromatic rings. The monoisotopic (exact) mass is 419 g/mol. The van der Waals surface area contributed by atoms with E-state index in [-0.39, 0.29) is 42.4 Å². The molecule has 9 heteroatoms. The van der Waals surface area contributed by atoms with Crippen molar-refractivity contribution in [2.24, 2.45) is 0 Å². The lowest BCUT2D eigenvalue weighted by atomic mass is 10.2. The number of para-hydroxylation sites is 1. The molecule has 2 aromatic carbocycles. The molecule has 0 aliphatic carbocycles. The van der Waals surface area contributed by atoms with Crippen LogP contribution in [0.4, 0.5) is 4.39 Å². The highest BCUT2D eigenvalue weighted by atomic mass is 32.2. The summed E-state index contributed by atoms with van der Waals surface area (Å²) in [5, 5.41) is 19.3. The zero-order valence-electron chi connectivity index (χ0n) is 15.7. The van der Waals surface area contributed by atoms with Crippen LogP contribution in [0.15, 0.2) is 53.4 Å². The largest absolute Gasteiger partial charge is 0.488 e. The van der Waals surface area contributed by atoms with E-state index in [4.69, 9.17) is 10.00 Å². The maximum atomic E-state index is 13.5. The normalized spacial score (nSPS) is 16.9. The third kappa shape index (κ3) is 5.10. The highest BCUT2D eigenvalue weighted by Crippen LogP contribution is 2.21. The van der Waals surface area contributed by atoms with Crippen LogP contribution in [0.3, 0.4) is 0 Å². The van der Waals surface area contributed by atoms with Gasteiger partial charge in [0.15, 0.2) is 11.6 Å². The molecular formula is C20H22FN3O4S. The zero-order chi connectivity index (χ0) is 20.9. The van der Waals surface area contributed by atoms with E-state index in [1.165, 1.54) is 28.6 Å². The SMILES string of the molecule is N#Cc1ccccc1S(=O)(=O)N1CCN(C[C@@H](O)COc2ccccc2F)CC1. The number of nitriles is 1. The lowest BCUT2D eigenvalue weighted by Gasteiger charge is -2.35. The van der Waals surface area contributed by atoms with Crippen molar-refractivity contribution in [2.45, 2.75) is 11.0 Å². The van der Waals surface area contributed by atoms with Gasteiger partial charge in [-0.1, -0.05) is 24.3 Å². The van der Waals surface area contributed by atoms with Crippen LogP contribution in [0.5, 0.6) is 5.75 Å². The van der Waals surface area contributed by atoms with Gasteiger partial charge in [0.25, 0.3) is 0 Å². The van der Waals surface area contributed by atoms with Crippen molar-refractivity contribution in [3.8, 4) is 11.8 Å². The Kier molecular flexibility index (Phi) is 6.82. The fourth-order valence-corrected chi connectivity index (χ4v) is 4.74. The van der Waals surface area contributed by atoms with Crippen LogP contribution in [0.25, 0.3) is 0 Å². The molecule has 0 saturated carbocycles. The second kappa shape index (κ2) is 9.33. The number of benzene rings is 2. The average molecular weight is 419 g/mol. The molecule has 1 aliphatic rings. The first-order chi connectivity index (χ1) is 13.9. The summed E-state index contributed by atoms with van der Waals surface area (Å²) in [5.41, 5.74) is 0.121. The molecule has 1 aliphatic heterocycles. The molecule has 0 unspecified atom stereocenters. The minimum absolute atomic E-state index is 0.00859. The Hall–Kier alpha value is -2.51. The predicted octanol–water partition coefficient (Wildman–Crippen LogP) is 1.44. The summed E-state index contributed by atoms with van der Waals surface area (Å²) < 4.78 is 45.9. The van der Waals surface area contributed by atoms with Crippen LogP contribution < -0.4 is 4.74 Å². The highest BCUT2D eigenvalue weighted by molar-refractivity contribution is 7.89. The molecule has 7 nitrogen and oxygen atoms in total. The van der Waals surface area contributed by atoms with E-state index < -0.39 is 21.9 Å². The molecule has 1 saturated heterocycles. The number of ether oxygens (including phenoxy) is 1. The number of halogens is 1. The number of hydrogen-bond donors (Lipinski definition) is 1. The third-order valence-corrected chi connectivity index (χ3v) is 6.65. The van der Waals surface area contributed by atoms with Crippen molar-refractivity contribution in [2.75, 3.05) is 39.3 Å². The summed E-state index contributed by atoms with van der Waals surface area (Å²) in [7, 11) is -3.75. The number of nitrogens with zero attached hydrogens (tertiary/aromatic N) is 3. The van der Waals surface area contributed by atoms with Gasteiger partial charge in [-0.15, -0.1) is 0 Å². The molecule has 0 amide bonds. The maximum Gasteiger partial charge on any atom is 0.244 e. The van der Waals surface area contributed by atoms with E-state index in [9.17, 15) is 17.9 Å². The zero-order valence-corrected chi connectivity index (χ0v) is 16.6. The van der Waals surface area contributed by atoms with E-state index in [1.54, 1.807) is 24.3 Å². The van der Waals surface area contributed by atoms with Crippen molar-refractivity contribution in [1.82, 2.24) is 9.21 Å². The van der Waals surface area contributed by atoms with Gasteiger partial charge < -0.3 is 9.84 Å². The fourth-order valence-electron chi connectivity index (χ4n) is 3.17. The second-order valence-electron chi connectivity index (χ2n) is 6.71. The molecule has 154 valence electrons. The first-order valence-corrected chi connectivity index (χ1v) is 10.6. The van der Waals surface area contributed by atoms with E-state index >= 15 is 0 Å². The van der Waals surface area contributed by atoms with Crippen LogP contribution in [-0.2, 0) is 10.0 Å². The molecule has 0 aromatic heterocycles. The molecule has 0 radical (unpaired) electrons. The Morgan fingerprint density at radius 1 is 1.10 bits per heavy atom. The average Bonchev–Trinajstić information content (AvgIpc) is 2.73. The van der Waals surface area contributed by atoms with E-state index in [2.05, 4.69) is 0 Å². The summed E-state index contributed by atoms with van der Waals surface area (Å²) in [6.45, 7) is 1.60. The van der Waals surface area contributed by atoms with Gasteiger partial charge in [-0.3, -0.25) is 4.90 Å². The van der Waals surface area contributed by atoms with Gasteiger partial charge in [-0.25, -0.2) is 12.8 Å². The Morgan fingerprint density at radius 2 is 1.76 bits per heavy atom. The first kappa shape index (κ1) is 21.2. The maximum absolute atomic E-state index is 13.5. The smallest absolute Gasteiger partial charge is 0.244 e. The number of piperazine rings is 1. The van der Waals surface area contributed by atoms with Crippen LogP contribution in [0, 0.1) is 17.1 Å². The van der Waals surface area contributed by atoms with Crippen molar-refractivity contribution in [3.63, 3.8) is 0 Å². The van der Waals surface area contributed by atoms with Crippen molar-refractivity contribution >= 4 is 10.0 Å². The molecule has 1 N–H and O–H groups in total. The van der Waals surface area contributed by atoms with Gasteiger partial charge in [-0.2, -0.15) is 9.57 Å². The Balaban J connectivity index is 1.52. The van der Waals surface area contributed by atoms with E-state index in [1.807, 2.05) is 11.0 Å². The fraction of sp³-hybridized carbons (Fsp3) is 0.350. The van der Waals surface area contributed by atoms with Crippen LogP contribution in [0.1, 0.15) is 5.56 Å². The van der Waals surface area contributed by atoms with Gasteiger partial charge >= 0.3 is 0 Å². The number of rotatable bonds is 7. The molecular weight excluding hydrogens is 397 g/mol. The molecule has 3 rings (SSSR count). The third-order valence-electron chi connectivity index (χ3n) is 4.69. The molecule has 29 heavy (non-hydrogen) atoms. The summed E-state index contributed by atoms with van der Waals surface area (Å²) in [6.07, 6.45) is -0.836. The number of aliphatic hydroxyl groups is 1. The Morgan fingerprint density at radius 3 is 2.45 bits per heavy atom. The lowest BCUT2D eigenvalue weighted by Crippen LogP contribution is -2.50. The number of β-amino-alcohol motifs (C(OH)–C–C–N with tert-alkyl or cyclic N) is 1. The summed E-state index contributed by atoms with van der Waals surface area (Å²) in [5.74, 6) is -0.408. The lowest BCUT2D eigenvalue weighted by molar-refractivity contribution is 0.0557. The summed E-state index contributed by atoms with van der Waals surface area (Å²) in [4.78, 5) is 1.94. The van der Waals surface area contributed by atoms with Crippen molar-refractivity contribution in [3.05, 3.63) is 59.9 Å². The molecule has 1 fully saturated rings. The number of sulfonamides is 1. The Bertz CT molecular complexity index is 985. The summed E-state index contributed by atoms with van der Waals surface area (Å²) >= 11 is 0. The quantitative estimate of drug-likeness (QED) is 0.730. The summed E-state index contributed by atoms with van der Waals surface area (Å²) in [6, 6.07) is 14.0. The number of aliphatic hydroxyl groups excluding tert-OH is 1. The minimum atomic E-state index is -3.75. The topological polar surface area (TPSA) is 93.9 Å². The van der Waals surface area contributed by atoms with Gasteiger partial charge in [0.05, 0.1) is 10.5 Å². The van der Waals surface area contributed by atoms with Gasteiger partial charge in [-0.05, 0) is 24.3 Å². The van der Waals surface area contributed by atoms with Gasteiger partial charge in [0.1, 0.15) is 18.8 Å². The first-order valence-electron chi connectivity index (χ1n) is 9.19. The second-order valence-corrected chi connectivity index (χ2v) is 8.61. The molecule has 1 atom stereocenters. The minimum Gasteiger partial charge on any atom is -0.488 e. The molecule has 0 bridgehead atoms. The highest BCUT2D eigenvalue weighted by Gasteiger charge is 2.30. The number of hydrogen-bond acceptors (Lipinski definition) is 6. The molecule has 1 heterocycles. The van der Waals surface area contributed by atoms with E-state index in [0.717, 1.165) is 0 Å². The standard InChI is InChI=1S/C20H22FN3O4S/c21-18-6-2-3-7-19(18)28-15-17(25)14-23-9-11-24(12-10-23)29(26,27)20-8-4-1-5-16(20)13-22/h1-8,17,25H,9-12,14-15H2/t17-/m1/s1. The van der Waals surface area contributed by atoms with Gasteiger partial charge in [0, 0.05) is 32.7 Å². The van der Waals surface area contributed by atoms with Crippen molar-refractivity contribution in [1.29, 1.82) is 5.26 Å². The van der Waals surface area contributed by atoms with Crippen LogP contribution >= 0.6 is 0 Å². The van der Waals surface area contributed by atoms with Crippen LogP contribution in [0.2, 0.25) is 0 Å². The van der Waals surface area contributed by atoms with Crippen LogP contribution in [-0.4, -0.2) is 68.2 Å². The Labute approximate surface area is 169 Å². The molecule has 0 spiro atoms. The van der Waals surface area contributed by atoms with E-state index in [0.29, 0.717) is 13.1 Å². The van der Waals surface area contributed by atoms with Gasteiger partial charge in [0.2, 0.25) is 10.0 Å². The predicted molar refractivity (Wildman–Crippen MR) is 104 cm³/mol. The van der Waals surface area contributed by atoms with Crippen molar-refractivity contribution < 1.29 is 22.7 Å².